The largest absolute Gasteiger partial charge is 0.497 e. The Labute approximate surface area is 105 Å². The van der Waals surface area contributed by atoms with Crippen molar-refractivity contribution in [3.05, 3.63) is 18.2 Å². The number of piperidine rings is 1. The third-order valence-corrected chi connectivity index (χ3v) is 3.12. The van der Waals surface area contributed by atoms with E-state index in [1.54, 1.807) is 30.2 Å². The van der Waals surface area contributed by atoms with Crippen LogP contribution in [0.25, 0.3) is 0 Å². The summed E-state index contributed by atoms with van der Waals surface area (Å²) in [6.07, 6.45) is 0.434. The van der Waals surface area contributed by atoms with Crippen molar-refractivity contribution >= 4 is 5.69 Å². The Morgan fingerprint density at radius 3 is 2.61 bits per heavy atom. The molecule has 0 saturated carbocycles. The number of halogens is 2. The van der Waals surface area contributed by atoms with Crippen LogP contribution < -0.4 is 14.4 Å². The van der Waals surface area contributed by atoms with Gasteiger partial charge in [0.2, 0.25) is 0 Å². The molecule has 3 nitrogen and oxygen atoms in total. The number of rotatable bonds is 3. The summed E-state index contributed by atoms with van der Waals surface area (Å²) in [5.74, 6) is -1.40. The lowest BCUT2D eigenvalue weighted by Crippen LogP contribution is -2.42. The van der Waals surface area contributed by atoms with Gasteiger partial charge in [0.1, 0.15) is 11.5 Å². The van der Waals surface area contributed by atoms with Gasteiger partial charge in [-0.15, -0.1) is 0 Å². The summed E-state index contributed by atoms with van der Waals surface area (Å²) in [6.45, 7) is 0.343. The van der Waals surface area contributed by atoms with E-state index in [0.717, 1.165) is 0 Å². The van der Waals surface area contributed by atoms with E-state index < -0.39 is 5.92 Å². The van der Waals surface area contributed by atoms with Gasteiger partial charge in [-0.3, -0.25) is 0 Å². The van der Waals surface area contributed by atoms with E-state index in [2.05, 4.69) is 0 Å². The number of alkyl halides is 2. The van der Waals surface area contributed by atoms with Gasteiger partial charge in [-0.1, -0.05) is 0 Å². The van der Waals surface area contributed by atoms with Crippen molar-refractivity contribution in [1.29, 1.82) is 0 Å². The van der Waals surface area contributed by atoms with Crippen molar-refractivity contribution in [2.24, 2.45) is 0 Å². The minimum absolute atomic E-state index is 0.0458. The lowest BCUT2D eigenvalue weighted by Gasteiger charge is -2.34. The van der Waals surface area contributed by atoms with E-state index in [0.29, 0.717) is 30.2 Å². The summed E-state index contributed by atoms with van der Waals surface area (Å²) < 4.78 is 37.2. The highest BCUT2D eigenvalue weighted by Gasteiger charge is 2.36. The number of nitrogens with zero attached hydrogens (tertiary/aromatic N) is 1. The van der Waals surface area contributed by atoms with Crippen LogP contribution in [0.1, 0.15) is 12.8 Å². The quantitative estimate of drug-likeness (QED) is 0.831. The second kappa shape index (κ2) is 5.00. The van der Waals surface area contributed by atoms with Gasteiger partial charge < -0.3 is 14.4 Å². The first-order valence-electron chi connectivity index (χ1n) is 5.90. The fraction of sp³-hybridized carbons (Fsp3) is 0.538. The van der Waals surface area contributed by atoms with E-state index >= 15 is 0 Å². The fourth-order valence-electron chi connectivity index (χ4n) is 2.22. The van der Waals surface area contributed by atoms with Gasteiger partial charge in [-0.05, 0) is 18.6 Å². The molecule has 0 aromatic heterocycles. The summed E-state index contributed by atoms with van der Waals surface area (Å²) in [5, 5.41) is 0. The van der Waals surface area contributed by atoms with Crippen LogP contribution in [0.2, 0.25) is 0 Å². The molecule has 1 aliphatic rings. The molecule has 1 aliphatic heterocycles. The fourth-order valence-corrected chi connectivity index (χ4v) is 2.22. The highest BCUT2D eigenvalue weighted by Crippen LogP contribution is 2.37. The number of methoxy groups -OCH3 is 2. The Morgan fingerprint density at radius 2 is 2.00 bits per heavy atom. The molecule has 0 bridgehead atoms. The van der Waals surface area contributed by atoms with Gasteiger partial charge in [-0.25, -0.2) is 8.78 Å². The van der Waals surface area contributed by atoms with Crippen LogP contribution in [0.3, 0.4) is 0 Å². The van der Waals surface area contributed by atoms with Crippen LogP contribution in [-0.4, -0.2) is 33.2 Å². The van der Waals surface area contributed by atoms with Gasteiger partial charge in [0.05, 0.1) is 26.5 Å². The number of hydrogen-bond acceptors (Lipinski definition) is 3. The molecule has 5 heteroatoms. The Kier molecular flexibility index (Phi) is 3.59. The van der Waals surface area contributed by atoms with Crippen molar-refractivity contribution in [1.82, 2.24) is 0 Å². The topological polar surface area (TPSA) is 21.7 Å². The van der Waals surface area contributed by atoms with E-state index in [4.69, 9.17) is 9.47 Å². The molecule has 0 spiro atoms. The molecule has 18 heavy (non-hydrogen) atoms. The Morgan fingerprint density at radius 1 is 1.22 bits per heavy atom. The minimum atomic E-state index is -2.63. The van der Waals surface area contributed by atoms with E-state index in [1.165, 1.54) is 7.11 Å². The molecule has 0 N–H and O–H groups in total. The molecule has 0 unspecified atom stereocenters. The first-order chi connectivity index (χ1) is 8.55. The SMILES string of the molecule is COc1ccc(OC)c(N2CCCC(F)(F)C2)c1. The zero-order valence-electron chi connectivity index (χ0n) is 10.6. The second-order valence-corrected chi connectivity index (χ2v) is 4.42. The minimum Gasteiger partial charge on any atom is -0.497 e. The molecule has 1 fully saturated rings. The molecular formula is C13H17F2NO2. The lowest BCUT2D eigenvalue weighted by molar-refractivity contribution is -0.0117. The lowest BCUT2D eigenvalue weighted by atomic mass is 10.1. The maximum atomic E-state index is 13.4. The first-order valence-corrected chi connectivity index (χ1v) is 5.90. The first kappa shape index (κ1) is 12.9. The van der Waals surface area contributed by atoms with Crippen LogP contribution in [-0.2, 0) is 0 Å². The van der Waals surface area contributed by atoms with Crippen LogP contribution in [0.4, 0.5) is 14.5 Å². The molecule has 0 aliphatic carbocycles. The second-order valence-electron chi connectivity index (χ2n) is 4.42. The summed E-state index contributed by atoms with van der Waals surface area (Å²) in [4.78, 5) is 1.66. The van der Waals surface area contributed by atoms with Gasteiger partial charge in [0, 0.05) is 19.0 Å². The normalized spacial score (nSPS) is 18.6. The van der Waals surface area contributed by atoms with Gasteiger partial charge in [0.15, 0.2) is 0 Å². The Balaban J connectivity index is 2.30. The predicted molar refractivity (Wildman–Crippen MR) is 65.9 cm³/mol. The molecule has 1 heterocycles. The summed E-state index contributed by atoms with van der Waals surface area (Å²) in [5.41, 5.74) is 0.663. The maximum absolute atomic E-state index is 13.4. The average Bonchev–Trinajstić information content (AvgIpc) is 2.36. The number of anilines is 1. The van der Waals surface area contributed by atoms with Crippen LogP contribution in [0.15, 0.2) is 18.2 Å². The third-order valence-electron chi connectivity index (χ3n) is 3.12. The Hall–Kier alpha value is -1.52. The summed E-state index contributed by atoms with van der Waals surface area (Å²) in [7, 11) is 3.09. The summed E-state index contributed by atoms with van der Waals surface area (Å²) in [6, 6.07) is 5.23. The van der Waals surface area contributed by atoms with Crippen LogP contribution in [0, 0.1) is 0 Å². The Bertz CT molecular complexity index is 423. The standard InChI is InChI=1S/C13H17F2NO2/c1-17-10-4-5-12(18-2)11(8-10)16-7-3-6-13(14,15)9-16/h4-5,8H,3,6-7,9H2,1-2H3. The zero-order chi connectivity index (χ0) is 13.2. The number of benzene rings is 1. The highest BCUT2D eigenvalue weighted by molar-refractivity contribution is 5.62. The molecule has 1 aromatic rings. The monoisotopic (exact) mass is 257 g/mol. The molecular weight excluding hydrogens is 240 g/mol. The van der Waals surface area contributed by atoms with Gasteiger partial charge in [-0.2, -0.15) is 0 Å². The zero-order valence-corrected chi connectivity index (χ0v) is 10.6. The van der Waals surface area contributed by atoms with E-state index in [9.17, 15) is 8.78 Å². The highest BCUT2D eigenvalue weighted by atomic mass is 19.3. The van der Waals surface area contributed by atoms with Crippen molar-refractivity contribution in [2.45, 2.75) is 18.8 Å². The van der Waals surface area contributed by atoms with E-state index in [1.807, 2.05) is 0 Å². The van der Waals surface area contributed by atoms with Crippen molar-refractivity contribution in [3.63, 3.8) is 0 Å². The smallest absolute Gasteiger partial charge is 0.265 e. The number of hydrogen-bond donors (Lipinski definition) is 0. The van der Waals surface area contributed by atoms with E-state index in [-0.39, 0.29) is 13.0 Å². The molecule has 100 valence electrons. The average molecular weight is 257 g/mol. The maximum Gasteiger partial charge on any atom is 0.265 e. The molecule has 0 radical (unpaired) electrons. The summed E-state index contributed by atoms with van der Waals surface area (Å²) >= 11 is 0. The number of ether oxygens (including phenoxy) is 2. The van der Waals surface area contributed by atoms with Crippen molar-refractivity contribution in [3.8, 4) is 11.5 Å². The van der Waals surface area contributed by atoms with Crippen molar-refractivity contribution < 1.29 is 18.3 Å². The molecule has 2 rings (SSSR count). The predicted octanol–water partition coefficient (Wildman–Crippen LogP) is 2.94. The van der Waals surface area contributed by atoms with Crippen LogP contribution >= 0.6 is 0 Å². The van der Waals surface area contributed by atoms with Crippen molar-refractivity contribution in [2.75, 3.05) is 32.2 Å². The molecule has 0 amide bonds. The molecule has 0 atom stereocenters. The van der Waals surface area contributed by atoms with Gasteiger partial charge >= 0.3 is 0 Å². The van der Waals surface area contributed by atoms with Crippen LogP contribution in [0.5, 0.6) is 11.5 Å². The van der Waals surface area contributed by atoms with Gasteiger partial charge in [0.25, 0.3) is 5.92 Å². The third kappa shape index (κ3) is 2.66. The molecule has 1 saturated heterocycles. The molecule has 1 aromatic carbocycles.